The van der Waals surface area contributed by atoms with Gasteiger partial charge in [-0.2, -0.15) is 8.42 Å². The Bertz CT molecular complexity index is 1260. The highest BCUT2D eigenvalue weighted by Crippen LogP contribution is 2.41. The number of tetrazole rings is 1. The van der Waals surface area contributed by atoms with Crippen LogP contribution in [0.2, 0.25) is 0 Å². The summed E-state index contributed by atoms with van der Waals surface area (Å²) in [5, 5.41) is 22.5. The number of nitrogens with zero attached hydrogens (tertiary/aromatic N) is 5. The minimum Gasteiger partial charge on any atom is -0.477 e. The number of carbonyl (C=O) groups is 3. The quantitative estimate of drug-likeness (QED) is 0.218. The van der Waals surface area contributed by atoms with E-state index in [1.807, 2.05) is 6.07 Å². The fourth-order valence-electron chi connectivity index (χ4n) is 3.49. The third kappa shape index (κ3) is 5.24. The van der Waals surface area contributed by atoms with Crippen LogP contribution in [-0.4, -0.2) is 83.9 Å². The van der Waals surface area contributed by atoms with Gasteiger partial charge in [-0.15, -0.1) is 16.9 Å². The second-order valence-electron chi connectivity index (χ2n) is 7.34. The second-order valence-corrected chi connectivity index (χ2v) is 10.8. The summed E-state index contributed by atoms with van der Waals surface area (Å²) >= 11 is 2.29. The van der Waals surface area contributed by atoms with Crippen LogP contribution < -0.4 is 5.32 Å². The summed E-state index contributed by atoms with van der Waals surface area (Å²) < 4.78 is 32.1. The first-order valence-corrected chi connectivity index (χ1v) is 13.4. The van der Waals surface area contributed by atoms with Crippen molar-refractivity contribution in [2.24, 2.45) is 0 Å². The standard InChI is InChI=1S/C18H18N6O7S3/c25-12(6-10-4-2-1-3-5-10)19-13-15(26)24-14(17(27)28)11(7-32-16(13)24)8-33-18-20-21-22-23(18)9-34(29,30)31/h1-5,13,16H,6-9H2,(H,19,25)(H,27,28)(H,29,30,31)/t13-,16-/m1/s1. The summed E-state index contributed by atoms with van der Waals surface area (Å²) in [5.41, 5.74) is 1.04. The molecule has 2 aliphatic heterocycles. The summed E-state index contributed by atoms with van der Waals surface area (Å²) in [5.74, 6) is -2.65. The Hall–Kier alpha value is -2.95. The van der Waals surface area contributed by atoms with Gasteiger partial charge in [-0.3, -0.25) is 19.0 Å². The zero-order valence-electron chi connectivity index (χ0n) is 17.3. The molecule has 1 aromatic carbocycles. The summed E-state index contributed by atoms with van der Waals surface area (Å²) in [4.78, 5) is 38.3. The average Bonchev–Trinajstić information content (AvgIpc) is 3.21. The lowest BCUT2D eigenvalue weighted by atomic mass is 10.0. The van der Waals surface area contributed by atoms with Gasteiger partial charge in [0.25, 0.3) is 16.0 Å². The lowest BCUT2D eigenvalue weighted by molar-refractivity contribution is -0.150. The molecule has 2 amide bonds. The molecule has 2 aromatic rings. The van der Waals surface area contributed by atoms with Crippen molar-refractivity contribution in [2.45, 2.75) is 28.9 Å². The number of rotatable bonds is 9. The zero-order valence-corrected chi connectivity index (χ0v) is 19.7. The van der Waals surface area contributed by atoms with Gasteiger partial charge in [-0.1, -0.05) is 42.1 Å². The van der Waals surface area contributed by atoms with E-state index in [9.17, 15) is 27.9 Å². The van der Waals surface area contributed by atoms with Crippen molar-refractivity contribution in [3.63, 3.8) is 0 Å². The predicted octanol–water partition coefficient (Wildman–Crippen LogP) is -0.408. The molecular weight excluding hydrogens is 508 g/mol. The number of nitrogens with one attached hydrogen (secondary N) is 1. The van der Waals surface area contributed by atoms with Crippen LogP contribution in [0.3, 0.4) is 0 Å². The van der Waals surface area contributed by atoms with Crippen molar-refractivity contribution >= 4 is 51.4 Å². The minimum atomic E-state index is -4.38. The third-order valence-corrected chi connectivity index (χ3v) is 7.89. The maximum Gasteiger partial charge on any atom is 0.352 e. The molecule has 0 aliphatic carbocycles. The lowest BCUT2D eigenvalue weighted by Gasteiger charge is -2.49. The molecule has 0 radical (unpaired) electrons. The topological polar surface area (TPSA) is 185 Å². The van der Waals surface area contributed by atoms with E-state index in [0.717, 1.165) is 26.9 Å². The van der Waals surface area contributed by atoms with E-state index in [2.05, 4.69) is 20.8 Å². The SMILES string of the molecule is O=C(Cc1ccccc1)N[C@@H]1C(=O)N2C(C(=O)O)=C(CSc3nnnn3CS(=O)(=O)O)CS[C@H]12. The van der Waals surface area contributed by atoms with Crippen molar-refractivity contribution in [3.8, 4) is 0 Å². The number of thioether (sulfide) groups is 2. The van der Waals surface area contributed by atoms with E-state index in [1.54, 1.807) is 24.3 Å². The molecule has 0 bridgehead atoms. The fourth-order valence-corrected chi connectivity index (χ4v) is 6.41. The Kier molecular flexibility index (Phi) is 6.92. The Balaban J connectivity index is 1.44. The monoisotopic (exact) mass is 526 g/mol. The summed E-state index contributed by atoms with van der Waals surface area (Å²) in [6.45, 7) is 0. The van der Waals surface area contributed by atoms with Gasteiger partial charge in [0.1, 0.15) is 17.1 Å². The van der Waals surface area contributed by atoms with Gasteiger partial charge in [0.05, 0.1) is 6.42 Å². The van der Waals surface area contributed by atoms with Crippen molar-refractivity contribution in [1.82, 2.24) is 30.4 Å². The third-order valence-electron chi connectivity index (χ3n) is 4.93. The number of β-lactam (4-membered cyclic amide) rings is 1. The summed E-state index contributed by atoms with van der Waals surface area (Å²) in [6, 6.07) is 8.21. The number of carbonyl (C=O) groups excluding carboxylic acids is 2. The smallest absolute Gasteiger partial charge is 0.352 e. The molecule has 0 spiro atoms. The number of hydrogen-bond acceptors (Lipinski definition) is 10. The molecule has 1 aromatic heterocycles. The Morgan fingerprint density at radius 2 is 2.00 bits per heavy atom. The number of carboxylic acids is 1. The summed E-state index contributed by atoms with van der Waals surface area (Å²) in [7, 11) is -4.38. The van der Waals surface area contributed by atoms with Gasteiger partial charge in [-0.05, 0) is 21.6 Å². The molecule has 1 fully saturated rings. The molecule has 3 N–H and O–H groups in total. The van der Waals surface area contributed by atoms with Crippen molar-refractivity contribution in [1.29, 1.82) is 0 Å². The van der Waals surface area contributed by atoms with Gasteiger partial charge in [-0.25, -0.2) is 9.48 Å². The van der Waals surface area contributed by atoms with Gasteiger partial charge in [0, 0.05) is 11.5 Å². The van der Waals surface area contributed by atoms with Gasteiger partial charge in [0.15, 0.2) is 5.88 Å². The molecule has 2 atom stereocenters. The Morgan fingerprint density at radius 1 is 1.26 bits per heavy atom. The second kappa shape index (κ2) is 9.73. The number of hydrogen-bond donors (Lipinski definition) is 3. The highest BCUT2D eigenvalue weighted by atomic mass is 32.2. The average molecular weight is 527 g/mol. The van der Waals surface area contributed by atoms with E-state index < -0.39 is 39.3 Å². The Morgan fingerprint density at radius 3 is 2.68 bits per heavy atom. The first-order valence-electron chi connectivity index (χ1n) is 9.71. The van der Waals surface area contributed by atoms with Gasteiger partial charge >= 0.3 is 5.97 Å². The summed E-state index contributed by atoms with van der Waals surface area (Å²) in [6.07, 6.45) is 0.101. The molecular formula is C18H18N6O7S3. The molecule has 0 unspecified atom stereocenters. The first-order chi connectivity index (χ1) is 16.1. The molecule has 0 saturated carbocycles. The lowest BCUT2D eigenvalue weighted by Crippen LogP contribution is -2.70. The van der Waals surface area contributed by atoms with Crippen LogP contribution in [0.25, 0.3) is 0 Å². The van der Waals surface area contributed by atoms with Crippen LogP contribution in [0.15, 0.2) is 46.8 Å². The van der Waals surface area contributed by atoms with Crippen molar-refractivity contribution in [2.75, 3.05) is 11.5 Å². The largest absolute Gasteiger partial charge is 0.477 e. The molecule has 34 heavy (non-hydrogen) atoms. The highest BCUT2D eigenvalue weighted by Gasteiger charge is 2.54. The number of carboxylic acid groups (broad SMARTS) is 1. The van der Waals surface area contributed by atoms with Crippen molar-refractivity contribution < 1.29 is 32.5 Å². The number of aliphatic carboxylic acids is 1. The van der Waals surface area contributed by atoms with Gasteiger partial charge in [0.2, 0.25) is 11.1 Å². The molecule has 4 rings (SSSR count). The van der Waals surface area contributed by atoms with Crippen LogP contribution >= 0.6 is 23.5 Å². The van der Waals surface area contributed by atoms with Gasteiger partial charge < -0.3 is 10.4 Å². The van der Waals surface area contributed by atoms with Crippen LogP contribution in [0, 0.1) is 0 Å². The molecule has 180 valence electrons. The van der Waals surface area contributed by atoms with E-state index in [0.29, 0.717) is 5.57 Å². The molecule has 2 aliphatic rings. The molecule has 16 heteroatoms. The first kappa shape index (κ1) is 24.2. The maximum atomic E-state index is 12.8. The maximum absolute atomic E-state index is 12.8. The van der Waals surface area contributed by atoms with E-state index in [-0.39, 0.29) is 34.7 Å². The van der Waals surface area contributed by atoms with E-state index in [1.165, 1.54) is 11.8 Å². The van der Waals surface area contributed by atoms with Crippen LogP contribution in [-0.2, 0) is 36.8 Å². The fraction of sp³-hybridized carbons (Fsp3) is 0.333. The number of fused-ring (bicyclic) bond motifs is 1. The molecule has 1 saturated heterocycles. The van der Waals surface area contributed by atoms with Crippen LogP contribution in [0.5, 0.6) is 0 Å². The zero-order chi connectivity index (χ0) is 24.5. The van der Waals surface area contributed by atoms with Crippen LogP contribution in [0.1, 0.15) is 5.56 Å². The predicted molar refractivity (Wildman–Crippen MR) is 120 cm³/mol. The van der Waals surface area contributed by atoms with Crippen molar-refractivity contribution in [3.05, 3.63) is 47.2 Å². The number of amides is 2. The minimum absolute atomic E-state index is 0.0583. The highest BCUT2D eigenvalue weighted by molar-refractivity contribution is 8.01. The van der Waals surface area contributed by atoms with E-state index >= 15 is 0 Å². The normalized spacial score (nSPS) is 20.0. The van der Waals surface area contributed by atoms with Crippen LogP contribution in [0.4, 0.5) is 0 Å². The Labute approximate surface area is 201 Å². The number of aromatic nitrogens is 4. The molecule has 13 nitrogen and oxygen atoms in total. The molecule has 3 heterocycles. The number of benzene rings is 1. The van der Waals surface area contributed by atoms with E-state index in [4.69, 9.17) is 4.55 Å².